The van der Waals surface area contributed by atoms with Crippen molar-refractivity contribution in [3.8, 4) is 0 Å². The molecule has 1 fully saturated rings. The third-order valence-corrected chi connectivity index (χ3v) is 4.27. The molecule has 0 bridgehead atoms. The minimum atomic E-state index is 0.271. The van der Waals surface area contributed by atoms with Crippen LogP contribution in [-0.4, -0.2) is 39.5 Å². The van der Waals surface area contributed by atoms with Gasteiger partial charge in [-0.05, 0) is 37.3 Å². The van der Waals surface area contributed by atoms with Crippen LogP contribution in [0.15, 0.2) is 30.3 Å². The van der Waals surface area contributed by atoms with Gasteiger partial charge in [0, 0.05) is 25.9 Å². The molecule has 0 aliphatic carbocycles. The van der Waals surface area contributed by atoms with Crippen LogP contribution in [0.4, 0.5) is 5.69 Å². The van der Waals surface area contributed by atoms with Crippen molar-refractivity contribution in [3.63, 3.8) is 0 Å². The van der Waals surface area contributed by atoms with Gasteiger partial charge in [0.15, 0.2) is 0 Å². The number of anilines is 1. The van der Waals surface area contributed by atoms with E-state index in [2.05, 4.69) is 42.2 Å². The van der Waals surface area contributed by atoms with E-state index in [0.717, 1.165) is 39.1 Å². The van der Waals surface area contributed by atoms with Crippen molar-refractivity contribution in [1.29, 1.82) is 0 Å². The van der Waals surface area contributed by atoms with Crippen LogP contribution in [0.25, 0.3) is 0 Å². The zero-order chi connectivity index (χ0) is 14.9. The maximum Gasteiger partial charge on any atom is 0.0808 e. The molecule has 1 aromatic carbocycles. The van der Waals surface area contributed by atoms with Gasteiger partial charge in [0.1, 0.15) is 0 Å². The van der Waals surface area contributed by atoms with E-state index in [9.17, 15) is 0 Å². The molecule has 118 valence electrons. The Balaban J connectivity index is 1.71. The average Bonchev–Trinajstić information content (AvgIpc) is 2.54. The van der Waals surface area contributed by atoms with E-state index in [1.807, 2.05) is 0 Å². The number of rotatable bonds is 8. The van der Waals surface area contributed by atoms with Gasteiger partial charge >= 0.3 is 0 Å². The number of benzene rings is 1. The lowest BCUT2D eigenvalue weighted by Gasteiger charge is -2.34. The summed E-state index contributed by atoms with van der Waals surface area (Å²) >= 11 is 0. The van der Waals surface area contributed by atoms with Gasteiger partial charge in [-0.1, -0.05) is 31.5 Å². The molecule has 3 nitrogen and oxygen atoms in total. The summed E-state index contributed by atoms with van der Waals surface area (Å²) in [6.45, 7) is 6.08. The monoisotopic (exact) mass is 291 g/mol. The molecule has 1 aromatic rings. The molecule has 1 aliphatic rings. The van der Waals surface area contributed by atoms with Gasteiger partial charge in [-0.15, -0.1) is 0 Å². The number of nitrogens with zero attached hydrogens (tertiary/aromatic N) is 1. The van der Waals surface area contributed by atoms with E-state index >= 15 is 0 Å². The molecule has 0 spiro atoms. The van der Waals surface area contributed by atoms with E-state index in [1.54, 1.807) is 7.11 Å². The maximum absolute atomic E-state index is 6.06. The SMILES string of the molecule is CCCC(COC)OCC1CCN(c2ccccc2)CC1. The van der Waals surface area contributed by atoms with E-state index in [1.165, 1.54) is 18.5 Å². The fraction of sp³-hybridized carbons (Fsp3) is 0.667. The Hall–Kier alpha value is -1.06. The number of hydrogen-bond acceptors (Lipinski definition) is 3. The first kappa shape index (κ1) is 16.3. The minimum absolute atomic E-state index is 0.271. The number of piperidine rings is 1. The lowest BCUT2D eigenvalue weighted by molar-refractivity contribution is -0.0242. The third kappa shape index (κ3) is 5.33. The van der Waals surface area contributed by atoms with Crippen LogP contribution in [0.2, 0.25) is 0 Å². The molecule has 2 rings (SSSR count). The summed E-state index contributed by atoms with van der Waals surface area (Å²) in [6, 6.07) is 10.7. The van der Waals surface area contributed by atoms with Crippen molar-refractivity contribution in [2.45, 2.75) is 38.7 Å². The predicted molar refractivity (Wildman–Crippen MR) is 87.9 cm³/mol. The summed E-state index contributed by atoms with van der Waals surface area (Å²) in [7, 11) is 1.75. The lowest BCUT2D eigenvalue weighted by atomic mass is 9.97. The third-order valence-electron chi connectivity index (χ3n) is 4.27. The summed E-state index contributed by atoms with van der Waals surface area (Å²) in [5.41, 5.74) is 1.35. The second kappa shape index (κ2) is 9.06. The van der Waals surface area contributed by atoms with Crippen LogP contribution < -0.4 is 4.90 Å². The first-order chi connectivity index (χ1) is 10.3. The zero-order valence-electron chi connectivity index (χ0n) is 13.5. The van der Waals surface area contributed by atoms with Gasteiger partial charge in [0.05, 0.1) is 19.3 Å². The summed E-state index contributed by atoms with van der Waals surface area (Å²) in [4.78, 5) is 2.48. The Bertz CT molecular complexity index is 368. The normalized spacial score (nSPS) is 17.9. The minimum Gasteiger partial charge on any atom is -0.382 e. The van der Waals surface area contributed by atoms with Gasteiger partial charge < -0.3 is 14.4 Å². The fourth-order valence-corrected chi connectivity index (χ4v) is 2.99. The molecule has 0 saturated carbocycles. The quantitative estimate of drug-likeness (QED) is 0.728. The lowest BCUT2D eigenvalue weighted by Crippen LogP contribution is -2.36. The zero-order valence-corrected chi connectivity index (χ0v) is 13.5. The molecule has 1 saturated heterocycles. The molecule has 0 amide bonds. The summed E-state index contributed by atoms with van der Waals surface area (Å²) in [5, 5.41) is 0. The van der Waals surface area contributed by atoms with Crippen LogP contribution in [0, 0.1) is 5.92 Å². The highest BCUT2D eigenvalue weighted by atomic mass is 16.5. The number of methoxy groups -OCH3 is 1. The Labute approximate surface area is 129 Å². The summed E-state index contributed by atoms with van der Waals surface area (Å²) in [6.07, 6.45) is 4.96. The second-order valence-corrected chi connectivity index (χ2v) is 5.97. The van der Waals surface area contributed by atoms with Gasteiger partial charge in [-0.3, -0.25) is 0 Å². The van der Waals surface area contributed by atoms with Crippen molar-refractivity contribution in [3.05, 3.63) is 30.3 Å². The molecule has 1 heterocycles. The molecular formula is C18H29NO2. The molecule has 1 atom stereocenters. The molecule has 0 aromatic heterocycles. The Kier molecular flexibility index (Phi) is 7.04. The maximum atomic E-state index is 6.06. The van der Waals surface area contributed by atoms with E-state index in [-0.39, 0.29) is 6.10 Å². The number of ether oxygens (including phenoxy) is 2. The van der Waals surface area contributed by atoms with Gasteiger partial charge in [-0.25, -0.2) is 0 Å². The standard InChI is InChI=1S/C18H29NO2/c1-3-7-18(15-20-2)21-14-16-10-12-19(13-11-16)17-8-5-4-6-9-17/h4-6,8-9,16,18H,3,7,10-15H2,1-2H3. The van der Waals surface area contributed by atoms with Crippen LogP contribution in [0.3, 0.4) is 0 Å². The second-order valence-electron chi connectivity index (χ2n) is 5.97. The average molecular weight is 291 g/mol. The van der Waals surface area contributed by atoms with Crippen molar-refractivity contribution in [1.82, 2.24) is 0 Å². The van der Waals surface area contributed by atoms with E-state index in [0.29, 0.717) is 5.92 Å². The van der Waals surface area contributed by atoms with Gasteiger partial charge in [-0.2, -0.15) is 0 Å². The predicted octanol–water partition coefficient (Wildman–Crippen LogP) is 3.73. The van der Waals surface area contributed by atoms with Crippen LogP contribution in [0.5, 0.6) is 0 Å². The van der Waals surface area contributed by atoms with Crippen molar-refractivity contribution < 1.29 is 9.47 Å². The molecule has 1 aliphatic heterocycles. The first-order valence-electron chi connectivity index (χ1n) is 8.24. The summed E-state index contributed by atoms with van der Waals surface area (Å²) < 4.78 is 11.3. The molecule has 0 N–H and O–H groups in total. The van der Waals surface area contributed by atoms with Crippen LogP contribution in [-0.2, 0) is 9.47 Å². The number of para-hydroxylation sites is 1. The smallest absolute Gasteiger partial charge is 0.0808 e. The van der Waals surface area contributed by atoms with Crippen LogP contribution in [0.1, 0.15) is 32.6 Å². The van der Waals surface area contributed by atoms with Crippen molar-refractivity contribution in [2.75, 3.05) is 38.3 Å². The van der Waals surface area contributed by atoms with E-state index in [4.69, 9.17) is 9.47 Å². The first-order valence-corrected chi connectivity index (χ1v) is 8.24. The topological polar surface area (TPSA) is 21.7 Å². The number of hydrogen-bond donors (Lipinski definition) is 0. The fourth-order valence-electron chi connectivity index (χ4n) is 2.99. The molecule has 0 radical (unpaired) electrons. The van der Waals surface area contributed by atoms with E-state index < -0.39 is 0 Å². The van der Waals surface area contributed by atoms with Crippen molar-refractivity contribution >= 4 is 5.69 Å². The Morgan fingerprint density at radius 2 is 1.90 bits per heavy atom. The largest absolute Gasteiger partial charge is 0.382 e. The Morgan fingerprint density at radius 3 is 2.52 bits per heavy atom. The Morgan fingerprint density at radius 1 is 1.19 bits per heavy atom. The molecule has 21 heavy (non-hydrogen) atoms. The van der Waals surface area contributed by atoms with Crippen LogP contribution >= 0.6 is 0 Å². The molecule has 1 unspecified atom stereocenters. The summed E-state index contributed by atoms with van der Waals surface area (Å²) in [5.74, 6) is 0.696. The highest BCUT2D eigenvalue weighted by molar-refractivity contribution is 5.46. The van der Waals surface area contributed by atoms with Gasteiger partial charge in [0.25, 0.3) is 0 Å². The van der Waals surface area contributed by atoms with Crippen molar-refractivity contribution in [2.24, 2.45) is 5.92 Å². The highest BCUT2D eigenvalue weighted by Gasteiger charge is 2.20. The molecular weight excluding hydrogens is 262 g/mol. The highest BCUT2D eigenvalue weighted by Crippen LogP contribution is 2.23. The van der Waals surface area contributed by atoms with Gasteiger partial charge in [0.2, 0.25) is 0 Å². The molecule has 3 heteroatoms.